The number of rotatable bonds is 9. The Morgan fingerprint density at radius 3 is 2.55 bits per heavy atom. The van der Waals surface area contributed by atoms with Crippen molar-refractivity contribution in [2.24, 2.45) is 17.6 Å². The molecule has 0 saturated carbocycles. The van der Waals surface area contributed by atoms with E-state index >= 15 is 0 Å². The van der Waals surface area contributed by atoms with Crippen molar-refractivity contribution in [3.8, 4) is 5.75 Å². The number of phenols is 1. The molecule has 3 rings (SSSR count). The van der Waals surface area contributed by atoms with E-state index in [-0.39, 0.29) is 36.3 Å². The topological polar surface area (TPSA) is 161 Å². The quantitative estimate of drug-likeness (QED) is 0.335. The number of amides is 1. The van der Waals surface area contributed by atoms with Crippen LogP contribution in [0.2, 0.25) is 0 Å². The zero-order chi connectivity index (χ0) is 24.5. The van der Waals surface area contributed by atoms with E-state index in [0.717, 1.165) is 18.5 Å². The molecule has 0 fully saturated rings. The van der Waals surface area contributed by atoms with E-state index in [1.54, 1.807) is 6.07 Å². The highest BCUT2D eigenvalue weighted by Gasteiger charge is 2.55. The predicted octanol–water partition coefficient (Wildman–Crippen LogP) is 0.631. The third kappa shape index (κ3) is 4.53. The molecule has 9 nitrogen and oxygen atoms in total. The highest BCUT2D eigenvalue weighted by Crippen LogP contribution is 2.49. The monoisotopic (exact) mass is 460 g/mol. The molecule has 0 bridgehead atoms. The third-order valence-corrected chi connectivity index (χ3v) is 6.78. The molecule has 1 amide bonds. The second-order valence-corrected chi connectivity index (χ2v) is 9.27. The standard InChI is InChI=1S/C24H32N2O7/c1-26(2)8-3-4-13-5-6-17(28)21-16(13)11-14-10-15(7-9-27)24(33,18(29)12-19(25)30)23(32)20(14)22(21)31/h5-6,14-15,27-28,32-33H,3-4,7-12H2,1-2H3,(H2,25,30)/t14-,15-,24-/m1/s1. The molecule has 0 unspecified atom stereocenters. The van der Waals surface area contributed by atoms with Crippen molar-refractivity contribution in [2.75, 3.05) is 27.2 Å². The van der Waals surface area contributed by atoms with Crippen LogP contribution in [0.5, 0.6) is 5.75 Å². The number of aryl methyl sites for hydroxylation is 1. The summed E-state index contributed by atoms with van der Waals surface area (Å²) in [4.78, 5) is 39.6. The van der Waals surface area contributed by atoms with Gasteiger partial charge >= 0.3 is 0 Å². The van der Waals surface area contributed by atoms with Crippen molar-refractivity contribution in [3.63, 3.8) is 0 Å². The lowest BCUT2D eigenvalue weighted by atomic mass is 9.62. The minimum atomic E-state index is -2.50. The number of phenolic OH excluding ortho intramolecular Hbond substituents is 1. The van der Waals surface area contributed by atoms with Gasteiger partial charge in [-0.15, -0.1) is 0 Å². The molecule has 33 heavy (non-hydrogen) atoms. The van der Waals surface area contributed by atoms with Crippen molar-refractivity contribution >= 4 is 17.5 Å². The van der Waals surface area contributed by atoms with Gasteiger partial charge in [0.25, 0.3) is 0 Å². The maximum atomic E-state index is 13.5. The number of carbonyl (C=O) groups is 3. The largest absolute Gasteiger partial charge is 0.508 e. The number of aliphatic hydroxyl groups is 3. The molecule has 0 aliphatic heterocycles. The molecule has 2 aliphatic rings. The van der Waals surface area contributed by atoms with E-state index in [9.17, 15) is 34.8 Å². The lowest BCUT2D eigenvalue weighted by Gasteiger charge is -2.43. The van der Waals surface area contributed by atoms with Gasteiger partial charge in [-0.05, 0) is 75.9 Å². The van der Waals surface area contributed by atoms with Crippen LogP contribution in [-0.4, -0.2) is 75.6 Å². The summed E-state index contributed by atoms with van der Waals surface area (Å²) in [5, 5.41) is 42.3. The van der Waals surface area contributed by atoms with Gasteiger partial charge in [-0.3, -0.25) is 14.4 Å². The fraction of sp³-hybridized carbons (Fsp3) is 0.542. The van der Waals surface area contributed by atoms with E-state index in [4.69, 9.17) is 5.73 Å². The summed E-state index contributed by atoms with van der Waals surface area (Å²) in [7, 11) is 3.94. The first-order valence-corrected chi connectivity index (χ1v) is 11.1. The average molecular weight is 461 g/mol. The van der Waals surface area contributed by atoms with Gasteiger partial charge < -0.3 is 31.1 Å². The number of allylic oxidation sites excluding steroid dienone is 1. The van der Waals surface area contributed by atoms with E-state index in [1.807, 2.05) is 14.1 Å². The molecule has 0 radical (unpaired) electrons. The number of fused-ring (bicyclic) bond motifs is 2. The van der Waals surface area contributed by atoms with Crippen molar-refractivity contribution in [1.82, 2.24) is 4.90 Å². The lowest BCUT2D eigenvalue weighted by molar-refractivity contribution is -0.147. The minimum Gasteiger partial charge on any atom is -0.508 e. The summed E-state index contributed by atoms with van der Waals surface area (Å²) in [5.41, 5.74) is 4.20. The molecule has 0 aromatic heterocycles. The van der Waals surface area contributed by atoms with Gasteiger partial charge in [-0.2, -0.15) is 0 Å². The third-order valence-electron chi connectivity index (χ3n) is 6.78. The molecular formula is C24H32N2O7. The molecule has 0 saturated heterocycles. The molecule has 9 heteroatoms. The second kappa shape index (κ2) is 9.62. The van der Waals surface area contributed by atoms with Crippen LogP contribution < -0.4 is 5.73 Å². The Hall–Kier alpha value is -2.75. The highest BCUT2D eigenvalue weighted by atomic mass is 16.3. The summed E-state index contributed by atoms with van der Waals surface area (Å²) in [6, 6.07) is 3.24. The van der Waals surface area contributed by atoms with Gasteiger partial charge in [0, 0.05) is 18.1 Å². The molecule has 0 spiro atoms. The average Bonchev–Trinajstić information content (AvgIpc) is 2.72. The second-order valence-electron chi connectivity index (χ2n) is 9.27. The normalized spacial score (nSPS) is 24.6. The molecule has 3 atom stereocenters. The molecule has 1 aromatic carbocycles. The number of aliphatic hydroxyl groups excluding tert-OH is 2. The number of primary amides is 1. The number of aromatic hydroxyl groups is 1. The fourth-order valence-electron chi connectivity index (χ4n) is 5.20. The Labute approximate surface area is 192 Å². The zero-order valence-electron chi connectivity index (χ0n) is 19.0. The van der Waals surface area contributed by atoms with Crippen molar-refractivity contribution in [3.05, 3.63) is 40.2 Å². The van der Waals surface area contributed by atoms with Crippen LogP contribution in [-0.2, 0) is 22.4 Å². The maximum Gasteiger partial charge on any atom is 0.225 e. The smallest absolute Gasteiger partial charge is 0.225 e. The summed E-state index contributed by atoms with van der Waals surface area (Å²) in [6.07, 6.45) is 1.23. The summed E-state index contributed by atoms with van der Waals surface area (Å²) in [5.74, 6) is -5.07. The van der Waals surface area contributed by atoms with Crippen LogP contribution in [0.1, 0.15) is 47.2 Å². The van der Waals surface area contributed by atoms with Crippen LogP contribution in [0, 0.1) is 11.8 Å². The van der Waals surface area contributed by atoms with Crippen LogP contribution in [0.25, 0.3) is 0 Å². The number of nitrogens with zero attached hydrogens (tertiary/aromatic N) is 1. The Kier molecular flexibility index (Phi) is 7.26. The fourth-order valence-corrected chi connectivity index (χ4v) is 5.20. The number of benzene rings is 1. The first-order chi connectivity index (χ1) is 15.5. The number of carbonyl (C=O) groups excluding carboxylic acids is 3. The van der Waals surface area contributed by atoms with Crippen molar-refractivity contribution in [2.45, 2.75) is 44.1 Å². The molecular weight excluding hydrogens is 428 g/mol. The van der Waals surface area contributed by atoms with E-state index in [2.05, 4.69) is 4.90 Å². The number of hydrogen-bond acceptors (Lipinski definition) is 8. The number of Topliss-reactive ketones (excluding diaryl/α,β-unsaturated/α-hetero) is 2. The van der Waals surface area contributed by atoms with Crippen LogP contribution in [0.15, 0.2) is 23.5 Å². The van der Waals surface area contributed by atoms with Crippen molar-refractivity contribution < 1.29 is 34.8 Å². The van der Waals surface area contributed by atoms with Crippen LogP contribution in [0.3, 0.4) is 0 Å². The SMILES string of the molecule is CN(C)CCCc1ccc(O)c2c1C[C@H]1C[C@@H](CCO)[C@@](O)(C(=O)CC(N)=O)C(O)=C1C2=O. The van der Waals surface area contributed by atoms with Gasteiger partial charge in [0.15, 0.2) is 17.2 Å². The number of hydrogen-bond donors (Lipinski definition) is 5. The molecule has 2 aliphatic carbocycles. The van der Waals surface area contributed by atoms with E-state index in [1.165, 1.54) is 6.07 Å². The Morgan fingerprint density at radius 1 is 1.24 bits per heavy atom. The summed E-state index contributed by atoms with van der Waals surface area (Å²) in [6.45, 7) is 0.500. The Morgan fingerprint density at radius 2 is 1.94 bits per heavy atom. The Bertz CT molecular complexity index is 1000. The van der Waals surface area contributed by atoms with E-state index in [0.29, 0.717) is 18.4 Å². The van der Waals surface area contributed by atoms with Gasteiger partial charge in [0.1, 0.15) is 11.5 Å². The minimum absolute atomic E-state index is 0.00831. The number of nitrogens with two attached hydrogens (primary N) is 1. The lowest BCUT2D eigenvalue weighted by Crippen LogP contribution is -2.54. The summed E-state index contributed by atoms with van der Waals surface area (Å²) < 4.78 is 0. The first-order valence-electron chi connectivity index (χ1n) is 11.1. The molecule has 6 N–H and O–H groups in total. The first kappa shape index (κ1) is 24.9. The van der Waals surface area contributed by atoms with Crippen molar-refractivity contribution in [1.29, 1.82) is 0 Å². The van der Waals surface area contributed by atoms with Gasteiger partial charge in [0.05, 0.1) is 12.0 Å². The highest BCUT2D eigenvalue weighted by molar-refractivity contribution is 6.15. The zero-order valence-corrected chi connectivity index (χ0v) is 19.0. The van der Waals surface area contributed by atoms with E-state index < -0.39 is 47.1 Å². The van der Waals surface area contributed by atoms with Gasteiger partial charge in [-0.1, -0.05) is 6.07 Å². The summed E-state index contributed by atoms with van der Waals surface area (Å²) >= 11 is 0. The predicted molar refractivity (Wildman–Crippen MR) is 120 cm³/mol. The van der Waals surface area contributed by atoms with Crippen LogP contribution in [0.4, 0.5) is 0 Å². The van der Waals surface area contributed by atoms with Gasteiger partial charge in [0.2, 0.25) is 5.91 Å². The Balaban J connectivity index is 2.09. The molecule has 1 aromatic rings. The molecule has 0 heterocycles. The van der Waals surface area contributed by atoms with Crippen LogP contribution >= 0.6 is 0 Å². The van der Waals surface area contributed by atoms with Gasteiger partial charge in [-0.25, -0.2) is 0 Å². The molecule has 180 valence electrons. The number of ketones is 2. The maximum absolute atomic E-state index is 13.5.